The van der Waals surface area contributed by atoms with E-state index in [0.717, 1.165) is 12.8 Å². The van der Waals surface area contributed by atoms with E-state index in [-0.39, 0.29) is 18.6 Å². The van der Waals surface area contributed by atoms with E-state index in [1.807, 2.05) is 6.26 Å². The first kappa shape index (κ1) is 13.4. The maximum absolute atomic E-state index is 11.5. The summed E-state index contributed by atoms with van der Waals surface area (Å²) in [6.07, 6.45) is 7.85. The molecule has 0 aromatic rings. The van der Waals surface area contributed by atoms with Crippen LogP contribution in [0.1, 0.15) is 19.8 Å². The summed E-state index contributed by atoms with van der Waals surface area (Å²) in [6.45, 7) is 2.00. The molecule has 5 heteroatoms. The smallest absolute Gasteiger partial charge is 0.315 e. The minimum absolute atomic E-state index is 0.199. The van der Waals surface area contributed by atoms with E-state index in [0.29, 0.717) is 5.75 Å². The van der Waals surface area contributed by atoms with Crippen LogP contribution in [-0.2, 0) is 0 Å². The lowest BCUT2D eigenvalue weighted by atomic mass is 10.1. The predicted octanol–water partition coefficient (Wildman–Crippen LogP) is 1.12. The van der Waals surface area contributed by atoms with Crippen molar-refractivity contribution in [2.45, 2.75) is 31.4 Å². The molecular weight excluding hydrogens is 224 g/mol. The minimum Gasteiger partial charge on any atom is -0.387 e. The number of rotatable bonds is 5. The Balaban J connectivity index is 2.19. The lowest BCUT2D eigenvalue weighted by Gasteiger charge is -2.23. The lowest BCUT2D eigenvalue weighted by Crippen LogP contribution is -2.48. The molecule has 0 fully saturated rings. The highest BCUT2D eigenvalue weighted by molar-refractivity contribution is 7.98. The Labute approximate surface area is 101 Å². The lowest BCUT2D eigenvalue weighted by molar-refractivity contribution is 0.0868. The summed E-state index contributed by atoms with van der Waals surface area (Å²) in [6, 6.07) is 0.0144. The fourth-order valence-corrected chi connectivity index (χ4v) is 2.33. The molecular formula is C11H20N2O2S. The van der Waals surface area contributed by atoms with E-state index < -0.39 is 5.60 Å². The topological polar surface area (TPSA) is 61.4 Å². The number of aliphatic hydroxyl groups is 1. The van der Waals surface area contributed by atoms with Gasteiger partial charge in [0, 0.05) is 18.3 Å². The maximum atomic E-state index is 11.5. The number of hydrogen-bond donors (Lipinski definition) is 3. The molecule has 2 amide bonds. The Hall–Kier alpha value is -0.680. The number of thioether (sulfide) groups is 1. The molecule has 1 rings (SSSR count). The summed E-state index contributed by atoms with van der Waals surface area (Å²) < 4.78 is 0. The van der Waals surface area contributed by atoms with Crippen molar-refractivity contribution >= 4 is 17.8 Å². The molecule has 4 nitrogen and oxygen atoms in total. The highest BCUT2D eigenvalue weighted by Crippen LogP contribution is 2.10. The molecule has 0 aliphatic heterocycles. The largest absolute Gasteiger partial charge is 0.387 e. The fraction of sp³-hybridized carbons (Fsp3) is 0.727. The van der Waals surface area contributed by atoms with Crippen LogP contribution in [0.5, 0.6) is 0 Å². The van der Waals surface area contributed by atoms with E-state index in [2.05, 4.69) is 22.8 Å². The monoisotopic (exact) mass is 244 g/mol. The summed E-state index contributed by atoms with van der Waals surface area (Å²) in [5.41, 5.74) is -0.843. The van der Waals surface area contributed by atoms with E-state index >= 15 is 0 Å². The van der Waals surface area contributed by atoms with Gasteiger partial charge in [-0.2, -0.15) is 11.8 Å². The van der Waals surface area contributed by atoms with Crippen molar-refractivity contribution in [1.29, 1.82) is 0 Å². The van der Waals surface area contributed by atoms with Gasteiger partial charge in [0.2, 0.25) is 0 Å². The number of amides is 2. The van der Waals surface area contributed by atoms with Gasteiger partial charge < -0.3 is 15.7 Å². The Morgan fingerprint density at radius 1 is 1.56 bits per heavy atom. The first-order valence-corrected chi connectivity index (χ1v) is 6.83. The van der Waals surface area contributed by atoms with Gasteiger partial charge in [0.15, 0.2) is 0 Å². The number of hydrogen-bond acceptors (Lipinski definition) is 3. The maximum Gasteiger partial charge on any atom is 0.315 e. The van der Waals surface area contributed by atoms with Crippen molar-refractivity contribution < 1.29 is 9.90 Å². The molecule has 0 spiro atoms. The predicted molar refractivity (Wildman–Crippen MR) is 67.7 cm³/mol. The van der Waals surface area contributed by atoms with Crippen molar-refractivity contribution in [3.63, 3.8) is 0 Å². The molecule has 0 radical (unpaired) electrons. The van der Waals surface area contributed by atoms with Crippen LogP contribution in [0.25, 0.3) is 0 Å². The molecule has 0 aromatic carbocycles. The van der Waals surface area contributed by atoms with Crippen molar-refractivity contribution in [2.75, 3.05) is 18.6 Å². The van der Waals surface area contributed by atoms with Crippen molar-refractivity contribution in [3.05, 3.63) is 12.2 Å². The third kappa shape index (κ3) is 4.90. The minimum atomic E-state index is -0.843. The second kappa shape index (κ2) is 6.15. The van der Waals surface area contributed by atoms with Crippen LogP contribution in [0.2, 0.25) is 0 Å². The number of urea groups is 1. The average molecular weight is 244 g/mol. The Kier molecular flexibility index (Phi) is 5.15. The van der Waals surface area contributed by atoms with Gasteiger partial charge in [-0.1, -0.05) is 12.2 Å². The molecule has 0 bridgehead atoms. The molecule has 92 valence electrons. The van der Waals surface area contributed by atoms with Crippen LogP contribution < -0.4 is 10.6 Å². The standard InChI is InChI=1S/C11H20N2O2S/c1-11(15,8-16-2)7-12-10(14)13-9-5-3-4-6-9/h3-4,9,15H,5-8H2,1-2H3,(H2,12,13,14). The summed E-state index contributed by atoms with van der Waals surface area (Å²) in [5, 5.41) is 15.4. The van der Waals surface area contributed by atoms with Gasteiger partial charge in [0.05, 0.1) is 5.60 Å². The van der Waals surface area contributed by atoms with Crippen LogP contribution in [0.15, 0.2) is 12.2 Å². The van der Waals surface area contributed by atoms with Gasteiger partial charge in [-0.15, -0.1) is 0 Å². The molecule has 1 aliphatic carbocycles. The number of carbonyl (C=O) groups excluding carboxylic acids is 1. The Bertz CT molecular complexity index is 259. The molecule has 1 atom stereocenters. The zero-order chi connectivity index (χ0) is 12.0. The summed E-state index contributed by atoms with van der Waals surface area (Å²) >= 11 is 1.56. The van der Waals surface area contributed by atoms with Crippen LogP contribution in [0.4, 0.5) is 4.79 Å². The van der Waals surface area contributed by atoms with Crippen LogP contribution >= 0.6 is 11.8 Å². The SMILES string of the molecule is CSCC(C)(O)CNC(=O)NC1CC=CC1. The Morgan fingerprint density at radius 3 is 2.75 bits per heavy atom. The molecule has 16 heavy (non-hydrogen) atoms. The third-order valence-corrected chi connectivity index (χ3v) is 3.34. The third-order valence-electron chi connectivity index (χ3n) is 2.43. The highest BCUT2D eigenvalue weighted by Gasteiger charge is 2.21. The first-order chi connectivity index (χ1) is 7.53. The quantitative estimate of drug-likeness (QED) is 0.635. The highest BCUT2D eigenvalue weighted by atomic mass is 32.2. The summed E-state index contributed by atoms with van der Waals surface area (Å²) in [7, 11) is 0. The van der Waals surface area contributed by atoms with E-state index in [4.69, 9.17) is 0 Å². The van der Waals surface area contributed by atoms with Crippen LogP contribution in [0, 0.1) is 0 Å². The van der Waals surface area contributed by atoms with Crippen molar-refractivity contribution in [2.24, 2.45) is 0 Å². The van der Waals surface area contributed by atoms with Crippen molar-refractivity contribution in [3.8, 4) is 0 Å². The van der Waals surface area contributed by atoms with E-state index in [9.17, 15) is 9.90 Å². The van der Waals surface area contributed by atoms with Gasteiger partial charge in [0.25, 0.3) is 0 Å². The van der Waals surface area contributed by atoms with E-state index in [1.54, 1.807) is 18.7 Å². The van der Waals surface area contributed by atoms with Gasteiger partial charge >= 0.3 is 6.03 Å². The zero-order valence-corrected chi connectivity index (χ0v) is 10.6. The van der Waals surface area contributed by atoms with Crippen LogP contribution in [0.3, 0.4) is 0 Å². The average Bonchev–Trinajstić information content (AvgIpc) is 2.68. The molecule has 0 saturated carbocycles. The molecule has 0 heterocycles. The van der Waals surface area contributed by atoms with Crippen LogP contribution in [-0.4, -0.2) is 41.3 Å². The summed E-state index contributed by atoms with van der Waals surface area (Å²) in [5.74, 6) is 0.609. The van der Waals surface area contributed by atoms with E-state index in [1.165, 1.54) is 0 Å². The van der Waals surface area contributed by atoms with Gasteiger partial charge in [-0.3, -0.25) is 0 Å². The van der Waals surface area contributed by atoms with Crippen molar-refractivity contribution in [1.82, 2.24) is 10.6 Å². The van der Waals surface area contributed by atoms with Gasteiger partial charge in [-0.25, -0.2) is 4.79 Å². The molecule has 0 saturated heterocycles. The summed E-state index contributed by atoms with van der Waals surface area (Å²) in [4.78, 5) is 11.5. The molecule has 1 unspecified atom stereocenters. The number of nitrogens with one attached hydrogen (secondary N) is 2. The normalized spacial score (nSPS) is 19.4. The first-order valence-electron chi connectivity index (χ1n) is 5.44. The molecule has 0 aromatic heterocycles. The molecule has 1 aliphatic rings. The fourth-order valence-electron chi connectivity index (χ4n) is 1.60. The Morgan fingerprint density at radius 2 is 2.19 bits per heavy atom. The number of carbonyl (C=O) groups is 1. The van der Waals surface area contributed by atoms with Gasteiger partial charge in [0.1, 0.15) is 0 Å². The zero-order valence-electron chi connectivity index (χ0n) is 9.82. The second-order valence-electron chi connectivity index (χ2n) is 4.40. The van der Waals surface area contributed by atoms with Gasteiger partial charge in [-0.05, 0) is 26.0 Å². The second-order valence-corrected chi connectivity index (χ2v) is 5.26. The molecule has 3 N–H and O–H groups in total.